The first-order chi connectivity index (χ1) is 9.94. The minimum Gasteiger partial charge on any atom is -0.480 e. The predicted molar refractivity (Wildman–Crippen MR) is 82.7 cm³/mol. The van der Waals surface area contributed by atoms with E-state index in [-0.39, 0.29) is 6.54 Å². The minimum absolute atomic E-state index is 0.231. The highest BCUT2D eigenvalue weighted by atomic mass is 32.2. The average molecular weight is 330 g/mol. The van der Waals surface area contributed by atoms with E-state index >= 15 is 0 Å². The van der Waals surface area contributed by atoms with Crippen LogP contribution in [-0.2, 0) is 15.0 Å². The Morgan fingerprint density at radius 3 is 2.57 bits per heavy atom. The van der Waals surface area contributed by atoms with Crippen LogP contribution in [0.15, 0.2) is 29.2 Å². The summed E-state index contributed by atoms with van der Waals surface area (Å²) in [5.41, 5.74) is 0.433. The van der Waals surface area contributed by atoms with Crippen LogP contribution in [0.2, 0.25) is 0 Å². The van der Waals surface area contributed by atoms with Gasteiger partial charge in [-0.25, -0.2) is 0 Å². The van der Waals surface area contributed by atoms with Gasteiger partial charge in [0, 0.05) is 17.1 Å². The lowest BCUT2D eigenvalue weighted by Crippen LogP contribution is -2.49. The highest BCUT2D eigenvalue weighted by molar-refractivity contribution is 7.98. The molecule has 1 aromatic rings. The van der Waals surface area contributed by atoms with Gasteiger partial charge >= 0.3 is 16.2 Å². The summed E-state index contributed by atoms with van der Waals surface area (Å²) in [5.74, 6) is -1.10. The molecule has 116 valence electrons. The normalized spacial score (nSPS) is 20.1. The number of benzene rings is 1. The number of piperidine rings is 1. The molecule has 1 atom stereocenters. The van der Waals surface area contributed by atoms with E-state index in [4.69, 9.17) is 5.11 Å². The Hall–Kier alpha value is -1.25. The number of hydrogen-bond donors (Lipinski definition) is 2. The molecule has 6 nitrogen and oxygen atoms in total. The lowest BCUT2D eigenvalue weighted by molar-refractivity contribution is -0.142. The highest BCUT2D eigenvalue weighted by Crippen LogP contribution is 2.23. The Kier molecular flexibility index (Phi) is 5.13. The molecule has 1 aromatic carbocycles. The van der Waals surface area contributed by atoms with E-state index in [0.29, 0.717) is 18.5 Å². The molecule has 1 fully saturated rings. The van der Waals surface area contributed by atoms with Crippen LogP contribution in [0.1, 0.15) is 19.3 Å². The zero-order valence-electron chi connectivity index (χ0n) is 11.7. The fourth-order valence-corrected chi connectivity index (χ4v) is 4.17. The van der Waals surface area contributed by atoms with Gasteiger partial charge in [0.05, 0.1) is 0 Å². The van der Waals surface area contributed by atoms with Gasteiger partial charge in [-0.1, -0.05) is 0 Å². The van der Waals surface area contributed by atoms with Crippen molar-refractivity contribution in [3.8, 4) is 0 Å². The number of carbonyl (C=O) groups is 1. The molecular weight excluding hydrogens is 312 g/mol. The van der Waals surface area contributed by atoms with Gasteiger partial charge in [0.25, 0.3) is 0 Å². The third kappa shape index (κ3) is 3.90. The van der Waals surface area contributed by atoms with E-state index in [1.54, 1.807) is 23.9 Å². The van der Waals surface area contributed by atoms with Crippen LogP contribution < -0.4 is 4.72 Å². The highest BCUT2D eigenvalue weighted by Gasteiger charge is 2.36. The molecule has 0 spiro atoms. The summed E-state index contributed by atoms with van der Waals surface area (Å²) in [7, 11) is -3.85. The fourth-order valence-electron chi connectivity index (χ4n) is 2.31. The summed E-state index contributed by atoms with van der Waals surface area (Å²) in [6.45, 7) is 0.231. The predicted octanol–water partition coefficient (Wildman–Crippen LogP) is 2.00. The summed E-state index contributed by atoms with van der Waals surface area (Å²) >= 11 is 1.56. The quantitative estimate of drug-likeness (QED) is 0.807. The first-order valence-corrected chi connectivity index (χ1v) is 9.27. The number of aliphatic carboxylic acids is 1. The van der Waals surface area contributed by atoms with Crippen LogP contribution in [0.5, 0.6) is 0 Å². The lowest BCUT2D eigenvalue weighted by Gasteiger charge is -2.31. The maximum absolute atomic E-state index is 12.4. The number of carboxylic acids is 1. The van der Waals surface area contributed by atoms with Crippen LogP contribution in [0.4, 0.5) is 5.69 Å². The average Bonchev–Trinajstić information content (AvgIpc) is 2.47. The van der Waals surface area contributed by atoms with Gasteiger partial charge in [-0.15, -0.1) is 11.8 Å². The van der Waals surface area contributed by atoms with Crippen LogP contribution in [0.3, 0.4) is 0 Å². The molecule has 1 aliphatic rings. The van der Waals surface area contributed by atoms with Gasteiger partial charge < -0.3 is 5.11 Å². The van der Waals surface area contributed by atoms with Crippen molar-refractivity contribution >= 4 is 33.6 Å². The van der Waals surface area contributed by atoms with Crippen molar-refractivity contribution < 1.29 is 18.3 Å². The fraction of sp³-hybridized carbons (Fsp3) is 0.462. The molecule has 1 unspecified atom stereocenters. The van der Waals surface area contributed by atoms with Crippen molar-refractivity contribution in [2.45, 2.75) is 30.2 Å². The van der Waals surface area contributed by atoms with E-state index in [9.17, 15) is 13.2 Å². The zero-order chi connectivity index (χ0) is 15.5. The van der Waals surface area contributed by atoms with Gasteiger partial charge in [-0.3, -0.25) is 9.52 Å². The van der Waals surface area contributed by atoms with Gasteiger partial charge in [0.1, 0.15) is 6.04 Å². The summed E-state index contributed by atoms with van der Waals surface area (Å²) in [6, 6.07) is 5.98. The number of nitrogens with one attached hydrogen (secondary N) is 1. The molecule has 8 heteroatoms. The van der Waals surface area contributed by atoms with Crippen LogP contribution in [0.25, 0.3) is 0 Å². The van der Waals surface area contributed by atoms with Crippen LogP contribution in [0, 0.1) is 0 Å². The molecule has 0 saturated carbocycles. The molecule has 2 N–H and O–H groups in total. The van der Waals surface area contributed by atoms with Gasteiger partial charge in [-0.2, -0.15) is 12.7 Å². The summed E-state index contributed by atoms with van der Waals surface area (Å²) in [5, 5.41) is 9.17. The first kappa shape index (κ1) is 16.1. The van der Waals surface area contributed by atoms with Crippen LogP contribution in [-0.4, -0.2) is 42.6 Å². The summed E-state index contributed by atoms with van der Waals surface area (Å²) in [4.78, 5) is 12.2. The van der Waals surface area contributed by atoms with E-state index < -0.39 is 22.2 Å². The van der Waals surface area contributed by atoms with Crippen molar-refractivity contribution in [2.75, 3.05) is 17.5 Å². The second kappa shape index (κ2) is 6.67. The molecule has 1 aliphatic heterocycles. The van der Waals surface area contributed by atoms with Crippen molar-refractivity contribution in [3.63, 3.8) is 0 Å². The first-order valence-electron chi connectivity index (χ1n) is 6.60. The second-order valence-electron chi connectivity index (χ2n) is 4.80. The molecule has 21 heavy (non-hydrogen) atoms. The third-order valence-electron chi connectivity index (χ3n) is 3.38. The monoisotopic (exact) mass is 330 g/mol. The molecule has 0 radical (unpaired) electrons. The Balaban J connectivity index is 2.17. The molecule has 1 saturated heterocycles. The number of rotatable bonds is 5. The maximum Gasteiger partial charge on any atom is 0.322 e. The Morgan fingerprint density at radius 2 is 2.00 bits per heavy atom. The standard InChI is InChI=1S/C13H18N2O4S2/c1-20-11-7-5-10(6-8-11)14-21(18,19)15-9-3-2-4-12(15)13(16)17/h5-8,12,14H,2-4,9H2,1H3,(H,16,17). The molecule has 0 aliphatic carbocycles. The van der Waals surface area contributed by atoms with E-state index in [0.717, 1.165) is 15.6 Å². The zero-order valence-corrected chi connectivity index (χ0v) is 13.3. The maximum atomic E-state index is 12.4. The summed E-state index contributed by atoms with van der Waals surface area (Å²) in [6.07, 6.45) is 3.69. The van der Waals surface area contributed by atoms with Crippen molar-refractivity contribution in [3.05, 3.63) is 24.3 Å². The number of nitrogens with zero attached hydrogens (tertiary/aromatic N) is 1. The van der Waals surface area contributed by atoms with Gasteiger partial charge in [-0.05, 0) is 49.8 Å². The second-order valence-corrected chi connectivity index (χ2v) is 7.30. The molecule has 1 heterocycles. The van der Waals surface area contributed by atoms with E-state index in [2.05, 4.69) is 4.72 Å². The smallest absolute Gasteiger partial charge is 0.322 e. The Labute approximate surface area is 128 Å². The largest absolute Gasteiger partial charge is 0.480 e. The SMILES string of the molecule is CSc1ccc(NS(=O)(=O)N2CCCCC2C(=O)O)cc1. The van der Waals surface area contributed by atoms with E-state index in [1.165, 1.54) is 0 Å². The topological polar surface area (TPSA) is 86.7 Å². The number of hydrogen-bond acceptors (Lipinski definition) is 4. The van der Waals surface area contributed by atoms with E-state index in [1.807, 2.05) is 18.4 Å². The van der Waals surface area contributed by atoms with Crippen LogP contribution >= 0.6 is 11.8 Å². The Morgan fingerprint density at radius 1 is 1.33 bits per heavy atom. The van der Waals surface area contributed by atoms with Gasteiger partial charge in [0.2, 0.25) is 0 Å². The van der Waals surface area contributed by atoms with Gasteiger partial charge in [0.15, 0.2) is 0 Å². The number of thioether (sulfide) groups is 1. The molecular formula is C13H18N2O4S2. The van der Waals surface area contributed by atoms with Crippen molar-refractivity contribution in [2.24, 2.45) is 0 Å². The molecule has 0 aromatic heterocycles. The molecule has 0 amide bonds. The third-order valence-corrected chi connectivity index (χ3v) is 5.68. The van der Waals surface area contributed by atoms with Crippen molar-refractivity contribution in [1.29, 1.82) is 0 Å². The number of carboxylic acid groups (broad SMARTS) is 1. The minimum atomic E-state index is -3.85. The molecule has 0 bridgehead atoms. The summed E-state index contributed by atoms with van der Waals surface area (Å²) < 4.78 is 28.2. The Bertz CT molecular complexity index is 601. The lowest BCUT2D eigenvalue weighted by atomic mass is 10.1. The number of anilines is 1. The van der Waals surface area contributed by atoms with Crippen molar-refractivity contribution in [1.82, 2.24) is 4.31 Å². The molecule has 2 rings (SSSR count).